The van der Waals surface area contributed by atoms with E-state index in [0.29, 0.717) is 6.16 Å². The van der Waals surface area contributed by atoms with Crippen LogP contribution in [0.4, 0.5) is 0 Å². The second-order valence-corrected chi connectivity index (χ2v) is 9.51. The van der Waals surface area contributed by atoms with Gasteiger partial charge in [0.1, 0.15) is 7.14 Å². The Hall–Kier alpha value is -1.63. The molecular weight excluding hydrogens is 307 g/mol. The lowest BCUT2D eigenvalue weighted by Crippen LogP contribution is -2.17. The fourth-order valence-corrected chi connectivity index (χ4v) is 6.33. The molecule has 0 bridgehead atoms. The van der Waals surface area contributed by atoms with Gasteiger partial charge >= 0.3 is 0 Å². The lowest BCUT2D eigenvalue weighted by molar-refractivity contribution is 0.586. The topological polar surface area (TPSA) is 17.1 Å². The Kier molecular flexibility index (Phi) is 4.33. The number of hydrogen-bond acceptors (Lipinski definition) is 2. The van der Waals surface area contributed by atoms with Crippen molar-refractivity contribution in [2.45, 2.75) is 20.0 Å². The van der Waals surface area contributed by atoms with Crippen molar-refractivity contribution in [3.05, 3.63) is 82.0 Å². The quantitative estimate of drug-likeness (QED) is 0.625. The zero-order valence-corrected chi connectivity index (χ0v) is 14.5. The van der Waals surface area contributed by atoms with E-state index in [4.69, 9.17) is 0 Å². The van der Waals surface area contributed by atoms with Crippen molar-refractivity contribution in [1.29, 1.82) is 0 Å². The molecule has 3 aromatic rings. The minimum Gasteiger partial charge on any atom is -0.313 e. The first-order chi connectivity index (χ1) is 10.6. The fourth-order valence-electron chi connectivity index (χ4n) is 2.52. The third-order valence-electron chi connectivity index (χ3n) is 3.86. The maximum atomic E-state index is 13.9. The third-order valence-corrected chi connectivity index (χ3v) is 8.00. The lowest BCUT2D eigenvalue weighted by atomic mass is 10.2. The molecule has 1 nitrogen and oxygen atoms in total. The summed E-state index contributed by atoms with van der Waals surface area (Å²) in [6.45, 7) is 4.11. The Morgan fingerprint density at radius 3 is 1.73 bits per heavy atom. The van der Waals surface area contributed by atoms with Gasteiger partial charge in [-0.3, -0.25) is 0 Å². The molecular formula is C19H19OPS. The van der Waals surface area contributed by atoms with E-state index >= 15 is 0 Å². The molecule has 0 aliphatic carbocycles. The Morgan fingerprint density at radius 2 is 1.32 bits per heavy atom. The van der Waals surface area contributed by atoms with Crippen LogP contribution in [0.5, 0.6) is 0 Å². The van der Waals surface area contributed by atoms with Crippen LogP contribution in [-0.4, -0.2) is 0 Å². The van der Waals surface area contributed by atoms with Crippen molar-refractivity contribution in [1.82, 2.24) is 0 Å². The molecule has 0 atom stereocenters. The average molecular weight is 326 g/mol. The van der Waals surface area contributed by atoms with Gasteiger partial charge in [0.05, 0.1) is 0 Å². The van der Waals surface area contributed by atoms with Crippen molar-refractivity contribution in [2.75, 3.05) is 0 Å². The number of benzene rings is 2. The molecule has 2 aromatic carbocycles. The zero-order chi connectivity index (χ0) is 15.6. The molecule has 3 heteroatoms. The predicted molar refractivity (Wildman–Crippen MR) is 97.3 cm³/mol. The van der Waals surface area contributed by atoms with Crippen LogP contribution in [0.15, 0.2) is 66.0 Å². The van der Waals surface area contributed by atoms with E-state index in [1.165, 1.54) is 16.0 Å². The van der Waals surface area contributed by atoms with Gasteiger partial charge in [0.2, 0.25) is 0 Å². The molecule has 0 N–H and O–H groups in total. The largest absolute Gasteiger partial charge is 0.313 e. The smallest absolute Gasteiger partial charge is 0.148 e. The molecule has 1 heterocycles. The second kappa shape index (κ2) is 6.24. The highest BCUT2D eigenvalue weighted by atomic mass is 32.1. The standard InChI is InChI=1S/C19H19OPS/c1-15-5-9-17(10-6-15)21(20,14-19-4-3-13-22-19)18-11-7-16(2)8-12-18/h3-13H,14H2,1-2H3. The van der Waals surface area contributed by atoms with Gasteiger partial charge in [-0.25, -0.2) is 0 Å². The molecule has 3 rings (SSSR count). The van der Waals surface area contributed by atoms with E-state index in [-0.39, 0.29) is 0 Å². The molecule has 0 saturated heterocycles. The van der Waals surface area contributed by atoms with Gasteiger partial charge < -0.3 is 4.57 Å². The molecule has 1 aromatic heterocycles. The molecule has 0 aliphatic heterocycles. The molecule has 0 spiro atoms. The van der Waals surface area contributed by atoms with Gasteiger partial charge in [0.25, 0.3) is 0 Å². The number of rotatable bonds is 4. The summed E-state index contributed by atoms with van der Waals surface area (Å²) in [5, 5.41) is 3.93. The number of thiophene rings is 1. The molecule has 0 unspecified atom stereocenters. The lowest BCUT2D eigenvalue weighted by Gasteiger charge is -2.19. The normalized spacial score (nSPS) is 11.5. The van der Waals surface area contributed by atoms with E-state index in [2.05, 4.69) is 19.9 Å². The maximum Gasteiger partial charge on any atom is 0.148 e. The summed E-state index contributed by atoms with van der Waals surface area (Å²) in [7, 11) is -2.64. The Morgan fingerprint density at radius 1 is 0.818 bits per heavy atom. The van der Waals surface area contributed by atoms with E-state index in [9.17, 15) is 4.57 Å². The van der Waals surface area contributed by atoms with Crippen molar-refractivity contribution in [2.24, 2.45) is 0 Å². The summed E-state index contributed by atoms with van der Waals surface area (Å²) < 4.78 is 13.9. The Labute approximate surface area is 136 Å². The van der Waals surface area contributed by atoms with Gasteiger partial charge in [-0.15, -0.1) is 11.3 Å². The number of aryl methyl sites for hydroxylation is 2. The Bertz CT molecular complexity index is 737. The highest BCUT2D eigenvalue weighted by Crippen LogP contribution is 2.47. The van der Waals surface area contributed by atoms with Gasteiger partial charge in [0, 0.05) is 21.6 Å². The minimum absolute atomic E-state index is 0.594. The molecule has 112 valence electrons. The van der Waals surface area contributed by atoms with Crippen LogP contribution in [0.1, 0.15) is 16.0 Å². The van der Waals surface area contributed by atoms with Crippen LogP contribution >= 0.6 is 18.5 Å². The molecule has 0 amide bonds. The molecule has 0 radical (unpaired) electrons. The van der Waals surface area contributed by atoms with Crippen molar-refractivity contribution >= 4 is 29.1 Å². The van der Waals surface area contributed by atoms with Crippen LogP contribution in [0.2, 0.25) is 0 Å². The van der Waals surface area contributed by atoms with Crippen molar-refractivity contribution in [3.63, 3.8) is 0 Å². The van der Waals surface area contributed by atoms with Gasteiger partial charge in [-0.05, 0) is 25.3 Å². The summed E-state index contributed by atoms with van der Waals surface area (Å²) in [5.74, 6) is 0. The van der Waals surface area contributed by atoms with Crippen molar-refractivity contribution in [3.8, 4) is 0 Å². The minimum atomic E-state index is -2.64. The van der Waals surface area contributed by atoms with E-state index in [0.717, 1.165) is 10.6 Å². The predicted octanol–water partition coefficient (Wildman–Crippen LogP) is 4.88. The van der Waals surface area contributed by atoms with Gasteiger partial charge in [-0.1, -0.05) is 65.7 Å². The van der Waals surface area contributed by atoms with Crippen LogP contribution in [0.3, 0.4) is 0 Å². The molecule has 0 aliphatic rings. The summed E-state index contributed by atoms with van der Waals surface area (Å²) in [6, 6.07) is 20.3. The Balaban J connectivity index is 2.10. The van der Waals surface area contributed by atoms with Crippen molar-refractivity contribution < 1.29 is 4.57 Å². The summed E-state index contributed by atoms with van der Waals surface area (Å²) in [4.78, 5) is 1.17. The second-order valence-electron chi connectivity index (χ2n) is 5.65. The average Bonchev–Trinajstić information content (AvgIpc) is 3.01. The van der Waals surface area contributed by atoms with E-state index in [1.54, 1.807) is 11.3 Å². The first kappa shape index (κ1) is 15.3. The highest BCUT2D eigenvalue weighted by molar-refractivity contribution is 7.78. The van der Waals surface area contributed by atoms with Gasteiger partial charge in [0.15, 0.2) is 0 Å². The highest BCUT2D eigenvalue weighted by Gasteiger charge is 2.28. The van der Waals surface area contributed by atoms with Crippen LogP contribution < -0.4 is 10.6 Å². The monoisotopic (exact) mass is 326 g/mol. The summed E-state index contributed by atoms with van der Waals surface area (Å²) in [5.41, 5.74) is 2.38. The summed E-state index contributed by atoms with van der Waals surface area (Å²) >= 11 is 1.67. The summed E-state index contributed by atoms with van der Waals surface area (Å²) in [6.07, 6.45) is 0.594. The number of hydrogen-bond donors (Lipinski definition) is 0. The van der Waals surface area contributed by atoms with Gasteiger partial charge in [-0.2, -0.15) is 0 Å². The molecule has 22 heavy (non-hydrogen) atoms. The zero-order valence-electron chi connectivity index (χ0n) is 12.8. The first-order valence-electron chi connectivity index (χ1n) is 7.34. The third kappa shape index (κ3) is 3.09. The van der Waals surface area contributed by atoms with Crippen LogP contribution in [-0.2, 0) is 10.7 Å². The molecule has 0 fully saturated rings. The first-order valence-corrected chi connectivity index (χ1v) is 10.1. The van der Waals surface area contributed by atoms with Crippen LogP contribution in [0.25, 0.3) is 0 Å². The maximum absolute atomic E-state index is 13.9. The SMILES string of the molecule is Cc1ccc(P(=O)(Cc2cccs2)c2ccc(C)cc2)cc1. The van der Waals surface area contributed by atoms with Crippen LogP contribution in [0, 0.1) is 13.8 Å². The van der Waals surface area contributed by atoms with E-state index < -0.39 is 7.14 Å². The fraction of sp³-hybridized carbons (Fsp3) is 0.158. The molecule has 0 saturated carbocycles. The van der Waals surface area contributed by atoms with E-state index in [1.807, 2.05) is 60.0 Å².